The van der Waals surface area contributed by atoms with Crippen LogP contribution in [0.25, 0.3) is 0 Å². The second kappa shape index (κ2) is 5.50. The molecule has 2 saturated heterocycles. The maximum atomic E-state index is 12.2. The smallest absolute Gasteiger partial charge is 0.320 e. The zero-order chi connectivity index (χ0) is 11.4. The van der Waals surface area contributed by atoms with Crippen molar-refractivity contribution in [3.05, 3.63) is 0 Å². The topological polar surface area (TPSA) is 38.8 Å². The third-order valence-electron chi connectivity index (χ3n) is 3.48. The second-order valence-electron chi connectivity index (χ2n) is 4.44. The van der Waals surface area contributed by atoms with Crippen LogP contribution in [0.5, 0.6) is 0 Å². The van der Waals surface area contributed by atoms with E-state index in [2.05, 4.69) is 17.1 Å². The van der Waals surface area contributed by atoms with Gasteiger partial charge in [-0.15, -0.1) is 0 Å². The van der Waals surface area contributed by atoms with Gasteiger partial charge >= 0.3 is 6.03 Å². The van der Waals surface area contributed by atoms with Crippen molar-refractivity contribution >= 4 is 6.03 Å². The van der Waals surface area contributed by atoms with Crippen LogP contribution in [0.4, 0.5) is 4.79 Å². The first-order chi connectivity index (χ1) is 7.81. The molecule has 0 saturated carbocycles. The van der Waals surface area contributed by atoms with E-state index in [1.165, 1.54) is 0 Å². The SMILES string of the molecule is CCN1CCN(C(=O)N2CCNCC2)CC1. The van der Waals surface area contributed by atoms with Gasteiger partial charge in [0.2, 0.25) is 0 Å². The number of urea groups is 1. The Morgan fingerprint density at radius 1 is 1.00 bits per heavy atom. The molecule has 2 fully saturated rings. The fourth-order valence-corrected chi connectivity index (χ4v) is 2.31. The van der Waals surface area contributed by atoms with Crippen molar-refractivity contribution in [2.45, 2.75) is 6.92 Å². The zero-order valence-corrected chi connectivity index (χ0v) is 10.1. The van der Waals surface area contributed by atoms with Crippen LogP contribution in [0, 0.1) is 0 Å². The molecular weight excluding hydrogens is 204 g/mol. The van der Waals surface area contributed by atoms with E-state index < -0.39 is 0 Å². The number of carbonyl (C=O) groups is 1. The van der Waals surface area contributed by atoms with Gasteiger partial charge in [-0.25, -0.2) is 4.79 Å². The first-order valence-electron chi connectivity index (χ1n) is 6.28. The number of nitrogens with zero attached hydrogens (tertiary/aromatic N) is 3. The standard InChI is InChI=1S/C11H22N4O/c1-2-13-7-9-15(10-8-13)11(16)14-5-3-12-4-6-14/h12H,2-10H2,1H3. The Morgan fingerprint density at radius 2 is 1.56 bits per heavy atom. The fraction of sp³-hybridized carbons (Fsp3) is 0.909. The Kier molecular flexibility index (Phi) is 4.01. The van der Waals surface area contributed by atoms with Gasteiger partial charge in [-0.3, -0.25) is 0 Å². The first kappa shape index (κ1) is 11.7. The van der Waals surface area contributed by atoms with Gasteiger partial charge in [0.1, 0.15) is 0 Å². The van der Waals surface area contributed by atoms with Crippen LogP contribution in [0.3, 0.4) is 0 Å². The minimum absolute atomic E-state index is 0.234. The number of hydrogen-bond donors (Lipinski definition) is 1. The van der Waals surface area contributed by atoms with Crippen LogP contribution in [0.2, 0.25) is 0 Å². The normalized spacial score (nSPS) is 23.6. The van der Waals surface area contributed by atoms with Crippen LogP contribution >= 0.6 is 0 Å². The summed E-state index contributed by atoms with van der Waals surface area (Å²) in [7, 11) is 0. The maximum absolute atomic E-state index is 12.2. The third kappa shape index (κ3) is 2.65. The van der Waals surface area contributed by atoms with Crippen molar-refractivity contribution in [2.24, 2.45) is 0 Å². The molecule has 0 aromatic heterocycles. The van der Waals surface area contributed by atoms with Gasteiger partial charge in [-0.1, -0.05) is 6.92 Å². The third-order valence-corrected chi connectivity index (χ3v) is 3.48. The van der Waals surface area contributed by atoms with Crippen LogP contribution in [-0.4, -0.2) is 79.6 Å². The Morgan fingerprint density at radius 3 is 2.12 bits per heavy atom. The summed E-state index contributed by atoms with van der Waals surface area (Å²) in [5.41, 5.74) is 0. The molecule has 0 atom stereocenters. The van der Waals surface area contributed by atoms with E-state index in [1.54, 1.807) is 0 Å². The fourth-order valence-electron chi connectivity index (χ4n) is 2.31. The number of likely N-dealkylation sites (N-methyl/N-ethyl adjacent to an activating group) is 1. The molecule has 1 N–H and O–H groups in total. The zero-order valence-electron chi connectivity index (χ0n) is 10.1. The minimum atomic E-state index is 0.234. The van der Waals surface area contributed by atoms with Crippen molar-refractivity contribution in [1.29, 1.82) is 0 Å². The summed E-state index contributed by atoms with van der Waals surface area (Å²) in [6.45, 7) is 10.7. The molecule has 2 aliphatic heterocycles. The van der Waals surface area contributed by atoms with Crippen LogP contribution in [-0.2, 0) is 0 Å². The van der Waals surface area contributed by atoms with Gasteiger partial charge < -0.3 is 20.0 Å². The van der Waals surface area contributed by atoms with E-state index in [0.29, 0.717) is 0 Å². The Balaban J connectivity index is 1.81. The molecular formula is C11H22N4O. The molecule has 2 rings (SSSR count). The summed E-state index contributed by atoms with van der Waals surface area (Å²) < 4.78 is 0. The van der Waals surface area contributed by atoms with Crippen molar-refractivity contribution < 1.29 is 4.79 Å². The summed E-state index contributed by atoms with van der Waals surface area (Å²) in [6.07, 6.45) is 0. The molecule has 0 aliphatic carbocycles. The molecule has 92 valence electrons. The van der Waals surface area contributed by atoms with E-state index in [4.69, 9.17) is 0 Å². The molecule has 0 radical (unpaired) electrons. The highest BCUT2D eigenvalue weighted by Gasteiger charge is 2.25. The molecule has 2 heterocycles. The Labute approximate surface area is 97.4 Å². The van der Waals surface area contributed by atoms with Gasteiger partial charge in [0.25, 0.3) is 0 Å². The lowest BCUT2D eigenvalue weighted by atomic mass is 10.3. The molecule has 0 unspecified atom stereocenters. The van der Waals surface area contributed by atoms with Gasteiger partial charge in [0.15, 0.2) is 0 Å². The summed E-state index contributed by atoms with van der Waals surface area (Å²) in [5, 5.41) is 3.27. The number of nitrogens with one attached hydrogen (secondary N) is 1. The number of carbonyl (C=O) groups excluding carboxylic acids is 1. The molecule has 0 bridgehead atoms. The van der Waals surface area contributed by atoms with Crippen molar-refractivity contribution in [3.8, 4) is 0 Å². The molecule has 0 spiro atoms. The monoisotopic (exact) mass is 226 g/mol. The molecule has 2 amide bonds. The van der Waals surface area contributed by atoms with E-state index in [9.17, 15) is 4.79 Å². The minimum Gasteiger partial charge on any atom is -0.322 e. The highest BCUT2D eigenvalue weighted by Crippen LogP contribution is 2.06. The van der Waals surface area contributed by atoms with E-state index >= 15 is 0 Å². The maximum Gasteiger partial charge on any atom is 0.320 e. The number of piperazine rings is 2. The summed E-state index contributed by atoms with van der Waals surface area (Å²) >= 11 is 0. The second-order valence-corrected chi connectivity index (χ2v) is 4.44. The number of hydrogen-bond acceptors (Lipinski definition) is 3. The predicted molar refractivity (Wildman–Crippen MR) is 63.5 cm³/mol. The lowest BCUT2D eigenvalue weighted by Crippen LogP contribution is -2.56. The van der Waals surface area contributed by atoms with Crippen molar-refractivity contribution in [1.82, 2.24) is 20.0 Å². The largest absolute Gasteiger partial charge is 0.322 e. The predicted octanol–water partition coefficient (Wildman–Crippen LogP) is -0.351. The summed E-state index contributed by atoms with van der Waals surface area (Å²) in [4.78, 5) is 18.5. The van der Waals surface area contributed by atoms with Gasteiger partial charge in [-0.05, 0) is 6.54 Å². The van der Waals surface area contributed by atoms with Gasteiger partial charge in [0.05, 0.1) is 0 Å². The number of rotatable bonds is 1. The molecule has 16 heavy (non-hydrogen) atoms. The van der Waals surface area contributed by atoms with E-state index in [0.717, 1.165) is 58.9 Å². The Hall–Kier alpha value is -0.810. The summed E-state index contributed by atoms with van der Waals surface area (Å²) in [5.74, 6) is 0. The lowest BCUT2D eigenvalue weighted by Gasteiger charge is -2.38. The lowest BCUT2D eigenvalue weighted by molar-refractivity contribution is 0.111. The van der Waals surface area contributed by atoms with Crippen LogP contribution in [0.1, 0.15) is 6.92 Å². The summed E-state index contributed by atoms with van der Waals surface area (Å²) in [6, 6.07) is 0.234. The molecule has 5 heteroatoms. The highest BCUT2D eigenvalue weighted by atomic mass is 16.2. The van der Waals surface area contributed by atoms with Crippen LogP contribution < -0.4 is 5.32 Å². The molecule has 5 nitrogen and oxygen atoms in total. The Bertz CT molecular complexity index is 232. The van der Waals surface area contributed by atoms with Crippen LogP contribution in [0.15, 0.2) is 0 Å². The van der Waals surface area contributed by atoms with Crippen molar-refractivity contribution in [2.75, 3.05) is 58.9 Å². The van der Waals surface area contributed by atoms with E-state index in [1.807, 2.05) is 9.80 Å². The average molecular weight is 226 g/mol. The number of amides is 2. The molecule has 2 aliphatic rings. The first-order valence-corrected chi connectivity index (χ1v) is 6.28. The highest BCUT2D eigenvalue weighted by molar-refractivity contribution is 5.74. The van der Waals surface area contributed by atoms with Gasteiger partial charge in [-0.2, -0.15) is 0 Å². The van der Waals surface area contributed by atoms with Crippen molar-refractivity contribution in [3.63, 3.8) is 0 Å². The molecule has 0 aromatic rings. The van der Waals surface area contributed by atoms with E-state index in [-0.39, 0.29) is 6.03 Å². The van der Waals surface area contributed by atoms with Gasteiger partial charge in [0, 0.05) is 52.4 Å². The molecule has 0 aromatic carbocycles. The average Bonchev–Trinajstić information content (AvgIpc) is 2.39. The quantitative estimate of drug-likeness (QED) is 0.664.